The smallest absolute Gasteiger partial charge is 0.264 e. The summed E-state index contributed by atoms with van der Waals surface area (Å²) in [4.78, 5) is 18.0. The monoisotopic (exact) mass is 346 g/mol. The predicted molar refractivity (Wildman–Crippen MR) is 99.2 cm³/mol. The molecule has 0 saturated carbocycles. The first-order valence-corrected chi connectivity index (χ1v) is 8.50. The number of para-hydroxylation sites is 1. The molecular weight excluding hydrogens is 328 g/mol. The van der Waals surface area contributed by atoms with E-state index in [4.69, 9.17) is 4.84 Å². The summed E-state index contributed by atoms with van der Waals surface area (Å²) in [5.74, 6) is 0. The van der Waals surface area contributed by atoms with Crippen LogP contribution in [0.2, 0.25) is 0 Å². The third-order valence-corrected chi connectivity index (χ3v) is 4.64. The highest BCUT2D eigenvalue weighted by molar-refractivity contribution is 5.48. The molecule has 0 bridgehead atoms. The van der Waals surface area contributed by atoms with E-state index in [1.165, 1.54) is 0 Å². The number of hydrogen-bond acceptors (Lipinski definition) is 4. The van der Waals surface area contributed by atoms with Crippen molar-refractivity contribution in [2.24, 2.45) is 0 Å². The lowest BCUT2D eigenvalue weighted by molar-refractivity contribution is -0.531. The molecule has 0 spiro atoms. The number of hydroxylamine groups is 1. The lowest BCUT2D eigenvalue weighted by atomic mass is 9.93. The molecule has 3 aromatic rings. The molecule has 4 rings (SSSR count). The van der Waals surface area contributed by atoms with Crippen molar-refractivity contribution in [3.8, 4) is 0 Å². The van der Waals surface area contributed by atoms with E-state index in [0.29, 0.717) is 0 Å². The van der Waals surface area contributed by atoms with Gasteiger partial charge in [0.25, 0.3) is 6.04 Å². The van der Waals surface area contributed by atoms with Gasteiger partial charge in [-0.05, 0) is 23.3 Å². The summed E-state index contributed by atoms with van der Waals surface area (Å²) in [6, 6.07) is 27.0. The molecule has 1 aliphatic rings. The molecule has 1 heterocycles. The highest BCUT2D eigenvalue weighted by Crippen LogP contribution is 2.45. The number of rotatable bonds is 4. The van der Waals surface area contributed by atoms with Crippen molar-refractivity contribution in [2.75, 3.05) is 5.06 Å². The molecule has 1 aliphatic heterocycles. The van der Waals surface area contributed by atoms with Crippen LogP contribution in [0, 0.1) is 10.1 Å². The van der Waals surface area contributed by atoms with E-state index in [1.54, 1.807) is 5.06 Å². The van der Waals surface area contributed by atoms with E-state index in [-0.39, 0.29) is 4.92 Å². The Morgan fingerprint density at radius 2 is 1.27 bits per heavy atom. The normalized spacial score (nSPS) is 22.3. The molecule has 1 fully saturated rings. The van der Waals surface area contributed by atoms with Gasteiger partial charge in [-0.1, -0.05) is 78.9 Å². The Labute approximate surface area is 151 Å². The average Bonchev–Trinajstić information content (AvgIpc) is 3.11. The second kappa shape index (κ2) is 6.98. The van der Waals surface area contributed by atoms with Crippen LogP contribution in [0.5, 0.6) is 0 Å². The molecule has 26 heavy (non-hydrogen) atoms. The third kappa shape index (κ3) is 2.93. The highest BCUT2D eigenvalue weighted by atomic mass is 16.7. The summed E-state index contributed by atoms with van der Waals surface area (Å²) in [6.45, 7) is 0. The Hall–Kier alpha value is -3.18. The van der Waals surface area contributed by atoms with Gasteiger partial charge in [-0.3, -0.25) is 15.0 Å². The van der Waals surface area contributed by atoms with Crippen LogP contribution in [0.25, 0.3) is 0 Å². The van der Waals surface area contributed by atoms with Gasteiger partial charge in [-0.25, -0.2) is 5.06 Å². The van der Waals surface area contributed by atoms with Gasteiger partial charge < -0.3 is 0 Å². The Morgan fingerprint density at radius 1 is 0.769 bits per heavy atom. The molecule has 0 radical (unpaired) electrons. The minimum atomic E-state index is -0.917. The van der Waals surface area contributed by atoms with Crippen LogP contribution >= 0.6 is 0 Å². The van der Waals surface area contributed by atoms with Gasteiger partial charge in [-0.15, -0.1) is 0 Å². The summed E-state index contributed by atoms with van der Waals surface area (Å²) >= 11 is 0. The first-order chi connectivity index (χ1) is 12.8. The fraction of sp³-hybridized carbons (Fsp3) is 0.143. The van der Waals surface area contributed by atoms with Gasteiger partial charge >= 0.3 is 0 Å². The number of nitrogens with zero attached hydrogens (tertiary/aromatic N) is 2. The van der Waals surface area contributed by atoms with Crippen LogP contribution in [-0.2, 0) is 4.84 Å². The zero-order valence-corrected chi connectivity index (χ0v) is 14.0. The molecule has 1 saturated heterocycles. The summed E-state index contributed by atoms with van der Waals surface area (Å²) in [7, 11) is 0. The highest BCUT2D eigenvalue weighted by Gasteiger charge is 2.53. The predicted octanol–water partition coefficient (Wildman–Crippen LogP) is 4.57. The molecule has 0 aromatic heterocycles. The standard InChI is InChI=1S/C21H18N2O3/c24-23(25)20-19(16-10-4-1-5-11-16)22(18-14-8-3-9-15-18)26-21(20)17-12-6-2-7-13-17/h1-15,19-21H/t19-,20-,21+/m0/s1. The largest absolute Gasteiger partial charge is 0.272 e. The molecule has 5 heteroatoms. The van der Waals surface area contributed by atoms with Gasteiger partial charge in [0, 0.05) is 4.92 Å². The summed E-state index contributed by atoms with van der Waals surface area (Å²) in [6.07, 6.45) is -0.656. The van der Waals surface area contributed by atoms with Crippen molar-refractivity contribution in [3.63, 3.8) is 0 Å². The molecule has 5 nitrogen and oxygen atoms in total. The van der Waals surface area contributed by atoms with Gasteiger partial charge in [-0.2, -0.15) is 0 Å². The van der Waals surface area contributed by atoms with Crippen molar-refractivity contribution in [3.05, 3.63) is 112 Å². The van der Waals surface area contributed by atoms with Crippen LogP contribution in [0.3, 0.4) is 0 Å². The molecule has 0 N–H and O–H groups in total. The van der Waals surface area contributed by atoms with E-state index in [2.05, 4.69) is 0 Å². The first-order valence-electron chi connectivity index (χ1n) is 8.50. The number of anilines is 1. The van der Waals surface area contributed by atoms with Gasteiger partial charge in [0.2, 0.25) is 0 Å². The molecule has 130 valence electrons. The summed E-state index contributed by atoms with van der Waals surface area (Å²) in [5, 5.41) is 13.7. The summed E-state index contributed by atoms with van der Waals surface area (Å²) < 4.78 is 0. The van der Waals surface area contributed by atoms with E-state index in [0.717, 1.165) is 16.8 Å². The maximum absolute atomic E-state index is 12.0. The SMILES string of the molecule is O=[N+]([O-])[C@@H]1[C@@H](c2ccccc2)ON(c2ccccc2)[C@H]1c1ccccc1. The quantitative estimate of drug-likeness (QED) is 0.513. The van der Waals surface area contributed by atoms with Crippen molar-refractivity contribution in [1.29, 1.82) is 0 Å². The second-order valence-electron chi connectivity index (χ2n) is 6.23. The molecular formula is C21H18N2O3. The Morgan fingerprint density at radius 3 is 1.81 bits per heavy atom. The number of benzene rings is 3. The van der Waals surface area contributed by atoms with E-state index in [9.17, 15) is 10.1 Å². The first kappa shape index (κ1) is 16.3. The second-order valence-corrected chi connectivity index (χ2v) is 6.23. The van der Waals surface area contributed by atoms with Crippen LogP contribution in [0.15, 0.2) is 91.0 Å². The fourth-order valence-corrected chi connectivity index (χ4v) is 3.46. The molecule has 0 aliphatic carbocycles. The van der Waals surface area contributed by atoms with Crippen LogP contribution in [0.1, 0.15) is 23.3 Å². The minimum absolute atomic E-state index is 0.224. The maximum Gasteiger partial charge on any atom is 0.272 e. The molecule has 3 aromatic carbocycles. The van der Waals surface area contributed by atoms with Crippen molar-refractivity contribution < 1.29 is 9.76 Å². The van der Waals surface area contributed by atoms with E-state index >= 15 is 0 Å². The Kier molecular flexibility index (Phi) is 4.37. The molecule has 0 amide bonds. The fourth-order valence-electron chi connectivity index (χ4n) is 3.46. The topological polar surface area (TPSA) is 55.6 Å². The number of nitro groups is 1. The van der Waals surface area contributed by atoms with Gasteiger partial charge in [0.1, 0.15) is 0 Å². The third-order valence-electron chi connectivity index (χ3n) is 4.64. The Balaban J connectivity index is 1.83. The van der Waals surface area contributed by atoms with Gasteiger partial charge in [0.15, 0.2) is 12.1 Å². The minimum Gasteiger partial charge on any atom is -0.264 e. The molecule has 0 unspecified atom stereocenters. The lowest BCUT2D eigenvalue weighted by Crippen LogP contribution is -2.32. The van der Waals surface area contributed by atoms with E-state index < -0.39 is 18.2 Å². The van der Waals surface area contributed by atoms with Crippen molar-refractivity contribution >= 4 is 5.69 Å². The summed E-state index contributed by atoms with van der Waals surface area (Å²) in [5.41, 5.74) is 2.46. The van der Waals surface area contributed by atoms with Gasteiger partial charge in [0.05, 0.1) is 5.69 Å². The average molecular weight is 346 g/mol. The zero-order valence-electron chi connectivity index (χ0n) is 14.0. The van der Waals surface area contributed by atoms with Crippen molar-refractivity contribution in [2.45, 2.75) is 18.2 Å². The lowest BCUT2D eigenvalue weighted by Gasteiger charge is -2.24. The van der Waals surface area contributed by atoms with Crippen molar-refractivity contribution in [1.82, 2.24) is 0 Å². The zero-order chi connectivity index (χ0) is 17.9. The van der Waals surface area contributed by atoms with Crippen LogP contribution in [0.4, 0.5) is 5.69 Å². The van der Waals surface area contributed by atoms with E-state index in [1.807, 2.05) is 91.0 Å². The number of hydrogen-bond donors (Lipinski definition) is 0. The maximum atomic E-state index is 12.0. The van der Waals surface area contributed by atoms with Crippen LogP contribution < -0.4 is 5.06 Å². The van der Waals surface area contributed by atoms with Crippen LogP contribution in [-0.4, -0.2) is 11.0 Å². The molecule has 3 atom stereocenters. The Bertz CT molecular complexity index is 872.